The highest BCUT2D eigenvalue weighted by Crippen LogP contribution is 2.15. The van der Waals surface area contributed by atoms with Gasteiger partial charge in [-0.25, -0.2) is 0 Å². The SMILES string of the molecule is CCN(C(C)COC)C(C)C(=O)c1ccc(Cl)cc1. The molecule has 3 nitrogen and oxygen atoms in total. The standard InChI is InChI=1S/C15H22ClNO2/c1-5-17(11(2)10-19-4)12(3)15(18)13-6-8-14(16)9-7-13/h6-9,11-12H,5,10H2,1-4H3. The van der Waals surface area contributed by atoms with Crippen LogP contribution in [0.5, 0.6) is 0 Å². The van der Waals surface area contributed by atoms with Crippen LogP contribution in [-0.2, 0) is 4.74 Å². The molecule has 106 valence electrons. The number of hydrogen-bond donors (Lipinski definition) is 0. The van der Waals surface area contributed by atoms with Crippen LogP contribution < -0.4 is 0 Å². The minimum atomic E-state index is -0.170. The molecular weight excluding hydrogens is 262 g/mol. The lowest BCUT2D eigenvalue weighted by atomic mass is 10.0. The summed E-state index contributed by atoms with van der Waals surface area (Å²) in [7, 11) is 1.68. The summed E-state index contributed by atoms with van der Waals surface area (Å²) in [5, 5.41) is 0.643. The molecule has 0 fully saturated rings. The van der Waals surface area contributed by atoms with E-state index in [9.17, 15) is 4.79 Å². The van der Waals surface area contributed by atoms with Gasteiger partial charge in [-0.3, -0.25) is 9.69 Å². The Morgan fingerprint density at radius 3 is 2.37 bits per heavy atom. The lowest BCUT2D eigenvalue weighted by molar-refractivity contribution is 0.0612. The Labute approximate surface area is 120 Å². The lowest BCUT2D eigenvalue weighted by Gasteiger charge is -2.32. The number of methoxy groups -OCH3 is 1. The summed E-state index contributed by atoms with van der Waals surface area (Å²) in [5.41, 5.74) is 0.694. The first-order valence-electron chi connectivity index (χ1n) is 6.55. The van der Waals surface area contributed by atoms with E-state index in [1.54, 1.807) is 31.4 Å². The van der Waals surface area contributed by atoms with Gasteiger partial charge in [0.05, 0.1) is 12.6 Å². The monoisotopic (exact) mass is 283 g/mol. The quantitative estimate of drug-likeness (QED) is 0.719. The number of benzene rings is 1. The average molecular weight is 284 g/mol. The fraction of sp³-hybridized carbons (Fsp3) is 0.533. The second-order valence-corrected chi connectivity index (χ2v) is 5.12. The second-order valence-electron chi connectivity index (χ2n) is 4.68. The van der Waals surface area contributed by atoms with Crippen LogP contribution in [0, 0.1) is 0 Å². The zero-order chi connectivity index (χ0) is 14.4. The number of hydrogen-bond acceptors (Lipinski definition) is 3. The molecule has 0 aliphatic rings. The fourth-order valence-corrected chi connectivity index (χ4v) is 2.44. The van der Waals surface area contributed by atoms with Gasteiger partial charge in [-0.05, 0) is 44.7 Å². The molecule has 2 atom stereocenters. The predicted octanol–water partition coefficient (Wildman–Crippen LogP) is 3.27. The number of nitrogens with zero attached hydrogens (tertiary/aromatic N) is 1. The van der Waals surface area contributed by atoms with Crippen molar-refractivity contribution >= 4 is 17.4 Å². The van der Waals surface area contributed by atoms with Crippen molar-refractivity contribution in [3.63, 3.8) is 0 Å². The third-order valence-electron chi connectivity index (χ3n) is 3.34. The molecular formula is C15H22ClNO2. The van der Waals surface area contributed by atoms with E-state index in [4.69, 9.17) is 16.3 Å². The number of carbonyl (C=O) groups is 1. The van der Waals surface area contributed by atoms with Crippen LogP contribution >= 0.6 is 11.6 Å². The number of likely N-dealkylation sites (N-methyl/N-ethyl adjacent to an activating group) is 1. The van der Waals surface area contributed by atoms with Gasteiger partial charge in [0, 0.05) is 23.7 Å². The van der Waals surface area contributed by atoms with Crippen molar-refractivity contribution in [3.05, 3.63) is 34.9 Å². The number of carbonyl (C=O) groups excluding carboxylic acids is 1. The van der Waals surface area contributed by atoms with Gasteiger partial charge in [-0.1, -0.05) is 18.5 Å². The molecule has 0 radical (unpaired) electrons. The highest BCUT2D eigenvalue weighted by molar-refractivity contribution is 6.30. The summed E-state index contributed by atoms with van der Waals surface area (Å²) in [5.74, 6) is 0.112. The average Bonchev–Trinajstić information content (AvgIpc) is 2.39. The van der Waals surface area contributed by atoms with Crippen molar-refractivity contribution in [2.45, 2.75) is 32.9 Å². The summed E-state index contributed by atoms with van der Waals surface area (Å²) in [6.45, 7) is 7.49. The van der Waals surface area contributed by atoms with E-state index in [0.717, 1.165) is 6.54 Å². The van der Waals surface area contributed by atoms with E-state index < -0.39 is 0 Å². The summed E-state index contributed by atoms with van der Waals surface area (Å²) >= 11 is 5.84. The minimum Gasteiger partial charge on any atom is -0.383 e. The summed E-state index contributed by atoms with van der Waals surface area (Å²) in [6, 6.07) is 7.08. The van der Waals surface area contributed by atoms with E-state index in [1.807, 2.05) is 6.92 Å². The highest BCUT2D eigenvalue weighted by Gasteiger charge is 2.25. The fourth-order valence-electron chi connectivity index (χ4n) is 2.31. The van der Waals surface area contributed by atoms with Crippen molar-refractivity contribution in [3.8, 4) is 0 Å². The Bertz CT molecular complexity index is 405. The molecule has 0 aliphatic carbocycles. The van der Waals surface area contributed by atoms with Crippen LogP contribution in [0.25, 0.3) is 0 Å². The maximum absolute atomic E-state index is 12.4. The molecule has 1 aromatic rings. The predicted molar refractivity (Wildman–Crippen MR) is 79.0 cm³/mol. The number of Topliss-reactive ketones (excluding diaryl/α,β-unsaturated/α-hetero) is 1. The van der Waals surface area contributed by atoms with Gasteiger partial charge >= 0.3 is 0 Å². The number of halogens is 1. The Balaban J connectivity index is 2.82. The first kappa shape index (κ1) is 16.2. The zero-order valence-corrected chi connectivity index (χ0v) is 12.8. The van der Waals surface area contributed by atoms with Crippen LogP contribution in [0.15, 0.2) is 24.3 Å². The molecule has 1 aromatic carbocycles. The van der Waals surface area contributed by atoms with E-state index in [0.29, 0.717) is 17.2 Å². The Morgan fingerprint density at radius 2 is 1.89 bits per heavy atom. The van der Waals surface area contributed by atoms with Crippen molar-refractivity contribution < 1.29 is 9.53 Å². The van der Waals surface area contributed by atoms with Crippen LogP contribution in [0.4, 0.5) is 0 Å². The van der Waals surface area contributed by atoms with Gasteiger partial charge in [0.15, 0.2) is 5.78 Å². The van der Waals surface area contributed by atoms with E-state index in [2.05, 4.69) is 18.7 Å². The summed E-state index contributed by atoms with van der Waals surface area (Å²) in [4.78, 5) is 14.6. The highest BCUT2D eigenvalue weighted by atomic mass is 35.5. The van der Waals surface area contributed by atoms with Crippen LogP contribution in [0.2, 0.25) is 5.02 Å². The summed E-state index contributed by atoms with van der Waals surface area (Å²) < 4.78 is 5.17. The van der Waals surface area contributed by atoms with Gasteiger partial charge in [-0.2, -0.15) is 0 Å². The molecule has 4 heteroatoms. The van der Waals surface area contributed by atoms with E-state index >= 15 is 0 Å². The molecule has 0 saturated heterocycles. The zero-order valence-electron chi connectivity index (χ0n) is 12.0. The topological polar surface area (TPSA) is 29.5 Å². The number of ether oxygens (including phenoxy) is 1. The molecule has 0 saturated carbocycles. The molecule has 0 heterocycles. The third kappa shape index (κ3) is 4.30. The smallest absolute Gasteiger partial charge is 0.179 e. The Kier molecular flexibility index (Phi) is 6.49. The molecule has 0 bridgehead atoms. The molecule has 0 N–H and O–H groups in total. The normalized spacial score (nSPS) is 14.4. The van der Waals surface area contributed by atoms with Gasteiger partial charge in [0.2, 0.25) is 0 Å². The first-order valence-corrected chi connectivity index (χ1v) is 6.93. The number of ketones is 1. The van der Waals surface area contributed by atoms with Crippen molar-refractivity contribution in [2.75, 3.05) is 20.3 Å². The van der Waals surface area contributed by atoms with Gasteiger partial charge in [-0.15, -0.1) is 0 Å². The maximum Gasteiger partial charge on any atom is 0.179 e. The van der Waals surface area contributed by atoms with Crippen molar-refractivity contribution in [2.24, 2.45) is 0 Å². The molecule has 19 heavy (non-hydrogen) atoms. The Hall–Kier alpha value is -0.900. The van der Waals surface area contributed by atoms with Gasteiger partial charge in [0.25, 0.3) is 0 Å². The van der Waals surface area contributed by atoms with Crippen LogP contribution in [0.1, 0.15) is 31.1 Å². The largest absolute Gasteiger partial charge is 0.383 e. The molecule has 2 unspecified atom stereocenters. The minimum absolute atomic E-state index is 0.112. The molecule has 1 rings (SSSR count). The Morgan fingerprint density at radius 1 is 1.32 bits per heavy atom. The first-order chi connectivity index (χ1) is 9.01. The van der Waals surface area contributed by atoms with Crippen molar-refractivity contribution in [1.29, 1.82) is 0 Å². The van der Waals surface area contributed by atoms with Crippen LogP contribution in [-0.4, -0.2) is 43.0 Å². The summed E-state index contributed by atoms with van der Waals surface area (Å²) in [6.07, 6.45) is 0. The second kappa shape index (κ2) is 7.63. The maximum atomic E-state index is 12.4. The van der Waals surface area contributed by atoms with Crippen LogP contribution in [0.3, 0.4) is 0 Å². The van der Waals surface area contributed by atoms with E-state index in [-0.39, 0.29) is 17.9 Å². The molecule has 0 spiro atoms. The molecule has 0 aliphatic heterocycles. The molecule has 0 aromatic heterocycles. The lowest BCUT2D eigenvalue weighted by Crippen LogP contribution is -2.46. The van der Waals surface area contributed by atoms with Gasteiger partial charge < -0.3 is 4.74 Å². The van der Waals surface area contributed by atoms with Crippen molar-refractivity contribution in [1.82, 2.24) is 4.90 Å². The van der Waals surface area contributed by atoms with E-state index in [1.165, 1.54) is 0 Å². The molecule has 0 amide bonds. The number of rotatable bonds is 7. The van der Waals surface area contributed by atoms with Gasteiger partial charge in [0.1, 0.15) is 0 Å². The third-order valence-corrected chi connectivity index (χ3v) is 3.60.